The van der Waals surface area contributed by atoms with Crippen molar-refractivity contribution in [2.45, 2.75) is 6.42 Å². The van der Waals surface area contributed by atoms with Gasteiger partial charge < -0.3 is 9.64 Å². The summed E-state index contributed by atoms with van der Waals surface area (Å²) in [5, 5.41) is 0. The molecule has 0 bridgehead atoms. The highest BCUT2D eigenvalue weighted by molar-refractivity contribution is 7.96. The third kappa shape index (κ3) is 3.08. The van der Waals surface area contributed by atoms with E-state index in [0.717, 1.165) is 32.6 Å². The summed E-state index contributed by atoms with van der Waals surface area (Å²) in [6.07, 6.45) is 2.88. The Morgan fingerprint density at radius 3 is 2.69 bits per heavy atom. The summed E-state index contributed by atoms with van der Waals surface area (Å²) in [4.78, 5) is 13.0. The molecule has 1 aliphatic heterocycles. The van der Waals surface area contributed by atoms with E-state index in [4.69, 9.17) is 0 Å². The van der Waals surface area contributed by atoms with Gasteiger partial charge in [-0.15, -0.1) is 0 Å². The molecule has 0 aromatic rings. The molecular formula is C8H16N2O2S. The van der Waals surface area contributed by atoms with Gasteiger partial charge in [0.1, 0.15) is 0 Å². The van der Waals surface area contributed by atoms with E-state index in [1.54, 1.807) is 16.8 Å². The first-order chi connectivity index (χ1) is 6.27. The number of hydrogen-bond acceptors (Lipinski definition) is 4. The van der Waals surface area contributed by atoms with Crippen LogP contribution in [0.2, 0.25) is 0 Å². The summed E-state index contributed by atoms with van der Waals surface area (Å²) in [7, 11) is 1.43. The van der Waals surface area contributed by atoms with Crippen LogP contribution in [-0.4, -0.2) is 54.8 Å². The van der Waals surface area contributed by atoms with Crippen molar-refractivity contribution in [3.05, 3.63) is 0 Å². The predicted octanol–water partition coefficient (Wildman–Crippen LogP) is 1.04. The SMILES string of the molecule is COC(=O)N1CCCN(SC)CC1. The molecule has 0 radical (unpaired) electrons. The van der Waals surface area contributed by atoms with E-state index in [-0.39, 0.29) is 6.09 Å². The standard InChI is InChI=1S/C8H16N2O2S/c1-12-8(11)9-4-3-5-10(13-2)7-6-9/h3-7H2,1-2H3. The van der Waals surface area contributed by atoms with Gasteiger partial charge in [0.05, 0.1) is 7.11 Å². The Morgan fingerprint density at radius 2 is 2.08 bits per heavy atom. The molecule has 0 saturated carbocycles. The zero-order valence-electron chi connectivity index (χ0n) is 8.15. The van der Waals surface area contributed by atoms with Gasteiger partial charge >= 0.3 is 6.09 Å². The van der Waals surface area contributed by atoms with Crippen LogP contribution in [-0.2, 0) is 4.74 Å². The molecule has 1 heterocycles. The number of nitrogens with zero attached hydrogens (tertiary/aromatic N) is 2. The fourth-order valence-corrected chi connectivity index (χ4v) is 1.96. The highest BCUT2D eigenvalue weighted by Gasteiger charge is 2.18. The highest BCUT2D eigenvalue weighted by atomic mass is 32.2. The van der Waals surface area contributed by atoms with Crippen LogP contribution in [0.25, 0.3) is 0 Å². The van der Waals surface area contributed by atoms with E-state index in [9.17, 15) is 4.79 Å². The molecule has 1 fully saturated rings. The van der Waals surface area contributed by atoms with Crippen LogP contribution in [0.3, 0.4) is 0 Å². The van der Waals surface area contributed by atoms with Gasteiger partial charge in [-0.05, 0) is 12.7 Å². The highest BCUT2D eigenvalue weighted by Crippen LogP contribution is 2.10. The van der Waals surface area contributed by atoms with Gasteiger partial charge in [0.25, 0.3) is 0 Å². The van der Waals surface area contributed by atoms with Crippen molar-refractivity contribution in [2.75, 3.05) is 39.5 Å². The third-order valence-electron chi connectivity index (χ3n) is 2.15. The second kappa shape index (κ2) is 5.34. The second-order valence-electron chi connectivity index (χ2n) is 2.92. The molecule has 1 aliphatic rings. The van der Waals surface area contributed by atoms with E-state index < -0.39 is 0 Å². The topological polar surface area (TPSA) is 32.8 Å². The number of rotatable bonds is 1. The number of hydrogen-bond donors (Lipinski definition) is 0. The van der Waals surface area contributed by atoms with Crippen LogP contribution in [0.1, 0.15) is 6.42 Å². The van der Waals surface area contributed by atoms with Crippen molar-refractivity contribution >= 4 is 18.0 Å². The van der Waals surface area contributed by atoms with Crippen molar-refractivity contribution in [2.24, 2.45) is 0 Å². The predicted molar refractivity (Wildman–Crippen MR) is 53.7 cm³/mol. The molecule has 0 N–H and O–H groups in total. The molecule has 1 saturated heterocycles. The maximum absolute atomic E-state index is 11.2. The number of carbonyl (C=O) groups is 1. The van der Waals surface area contributed by atoms with Crippen molar-refractivity contribution in [3.8, 4) is 0 Å². The van der Waals surface area contributed by atoms with Gasteiger partial charge in [-0.3, -0.25) is 0 Å². The second-order valence-corrected chi connectivity index (χ2v) is 3.80. The zero-order chi connectivity index (χ0) is 9.68. The molecular weight excluding hydrogens is 188 g/mol. The normalized spacial score (nSPS) is 19.7. The smallest absolute Gasteiger partial charge is 0.409 e. The summed E-state index contributed by atoms with van der Waals surface area (Å²) in [5.41, 5.74) is 0. The molecule has 13 heavy (non-hydrogen) atoms. The van der Waals surface area contributed by atoms with Gasteiger partial charge in [0.15, 0.2) is 0 Å². The average molecular weight is 204 g/mol. The molecule has 0 atom stereocenters. The van der Waals surface area contributed by atoms with E-state index in [1.807, 2.05) is 0 Å². The molecule has 5 heteroatoms. The first-order valence-corrected chi connectivity index (χ1v) is 5.58. The monoisotopic (exact) mass is 204 g/mol. The molecule has 76 valence electrons. The third-order valence-corrected chi connectivity index (χ3v) is 3.03. The Balaban J connectivity index is 2.40. The van der Waals surface area contributed by atoms with Gasteiger partial charge in [-0.25, -0.2) is 9.10 Å². The van der Waals surface area contributed by atoms with E-state index in [1.165, 1.54) is 7.11 Å². The summed E-state index contributed by atoms with van der Waals surface area (Å²) in [6.45, 7) is 3.56. The molecule has 4 nitrogen and oxygen atoms in total. The molecule has 0 aliphatic carbocycles. The summed E-state index contributed by atoms with van der Waals surface area (Å²) < 4.78 is 6.94. The Hall–Kier alpha value is -0.420. The maximum atomic E-state index is 11.2. The molecule has 1 amide bonds. The van der Waals surface area contributed by atoms with Crippen LogP contribution in [0.4, 0.5) is 4.79 Å². The van der Waals surface area contributed by atoms with Gasteiger partial charge in [0, 0.05) is 26.2 Å². The number of amides is 1. The Morgan fingerprint density at radius 1 is 1.31 bits per heavy atom. The van der Waals surface area contributed by atoms with Gasteiger partial charge in [0.2, 0.25) is 0 Å². The molecule has 1 rings (SSSR count). The number of ether oxygens (including phenoxy) is 1. The lowest BCUT2D eigenvalue weighted by molar-refractivity contribution is 0.126. The molecule has 0 aromatic carbocycles. The zero-order valence-corrected chi connectivity index (χ0v) is 8.97. The first kappa shape index (κ1) is 10.7. The van der Waals surface area contributed by atoms with E-state index in [2.05, 4.69) is 15.3 Å². The van der Waals surface area contributed by atoms with Gasteiger partial charge in [-0.1, -0.05) is 11.9 Å². The summed E-state index contributed by atoms with van der Waals surface area (Å²) in [6, 6.07) is 0. The minimum atomic E-state index is -0.206. The van der Waals surface area contributed by atoms with Crippen molar-refractivity contribution in [1.29, 1.82) is 0 Å². The van der Waals surface area contributed by atoms with Crippen LogP contribution in [0, 0.1) is 0 Å². The van der Waals surface area contributed by atoms with Gasteiger partial charge in [-0.2, -0.15) is 0 Å². The largest absolute Gasteiger partial charge is 0.453 e. The van der Waals surface area contributed by atoms with E-state index >= 15 is 0 Å². The Bertz CT molecular complexity index is 178. The Kier molecular flexibility index (Phi) is 4.38. The fraction of sp³-hybridized carbons (Fsp3) is 0.875. The van der Waals surface area contributed by atoms with Crippen molar-refractivity contribution < 1.29 is 9.53 Å². The van der Waals surface area contributed by atoms with Crippen LogP contribution < -0.4 is 0 Å². The lowest BCUT2D eigenvalue weighted by Gasteiger charge is -2.18. The molecule has 0 aromatic heterocycles. The summed E-state index contributed by atoms with van der Waals surface area (Å²) in [5.74, 6) is 0. The number of carbonyl (C=O) groups excluding carboxylic acids is 1. The number of methoxy groups -OCH3 is 1. The Labute approximate surface area is 83.3 Å². The summed E-state index contributed by atoms with van der Waals surface area (Å²) >= 11 is 1.73. The molecule has 0 unspecified atom stereocenters. The average Bonchev–Trinajstić information content (AvgIpc) is 2.41. The van der Waals surface area contributed by atoms with Crippen molar-refractivity contribution in [1.82, 2.24) is 9.21 Å². The first-order valence-electron chi connectivity index (χ1n) is 4.40. The van der Waals surface area contributed by atoms with E-state index in [0.29, 0.717) is 0 Å². The maximum Gasteiger partial charge on any atom is 0.409 e. The minimum absolute atomic E-state index is 0.206. The lowest BCUT2D eigenvalue weighted by atomic mass is 10.4. The van der Waals surface area contributed by atoms with Crippen LogP contribution in [0.15, 0.2) is 0 Å². The lowest BCUT2D eigenvalue weighted by Crippen LogP contribution is -2.33. The quantitative estimate of drug-likeness (QED) is 0.597. The minimum Gasteiger partial charge on any atom is -0.453 e. The molecule has 0 spiro atoms. The fourth-order valence-electron chi connectivity index (χ4n) is 1.39. The van der Waals surface area contributed by atoms with Crippen molar-refractivity contribution in [3.63, 3.8) is 0 Å². The van der Waals surface area contributed by atoms with Crippen LogP contribution >= 0.6 is 11.9 Å². The van der Waals surface area contributed by atoms with Crippen LogP contribution in [0.5, 0.6) is 0 Å².